The van der Waals surface area contributed by atoms with Gasteiger partial charge in [0.15, 0.2) is 0 Å². The summed E-state index contributed by atoms with van der Waals surface area (Å²) in [5.74, 6) is 0. The van der Waals surface area contributed by atoms with Crippen molar-refractivity contribution in [2.24, 2.45) is 0 Å². The molecule has 0 unspecified atom stereocenters. The predicted octanol–water partition coefficient (Wildman–Crippen LogP) is 16.5. The predicted molar refractivity (Wildman–Crippen MR) is 253 cm³/mol. The fraction of sp³-hybridized carbons (Fsp3) is 0. The van der Waals surface area contributed by atoms with Gasteiger partial charge in [0, 0.05) is 27.7 Å². The molecule has 0 saturated carbocycles. The maximum atomic E-state index is 6.29. The molecule has 0 radical (unpaired) electrons. The van der Waals surface area contributed by atoms with Crippen LogP contribution in [0.2, 0.25) is 0 Å². The lowest BCUT2D eigenvalue weighted by molar-refractivity contribution is 0.669. The molecule has 0 spiro atoms. The molecule has 0 N–H and O–H groups in total. The summed E-state index contributed by atoms with van der Waals surface area (Å²) < 4.78 is 6.29. The van der Waals surface area contributed by atoms with Crippen LogP contribution >= 0.6 is 0 Å². The second-order valence-electron chi connectivity index (χ2n) is 15.2. The van der Waals surface area contributed by atoms with E-state index in [9.17, 15) is 0 Å². The Balaban J connectivity index is 1.10. The first-order valence-corrected chi connectivity index (χ1v) is 20.5. The zero-order valence-electron chi connectivity index (χ0n) is 32.9. The monoisotopic (exact) mass is 765 g/mol. The first-order valence-electron chi connectivity index (χ1n) is 20.5. The quantitative estimate of drug-likeness (QED) is 0.153. The van der Waals surface area contributed by atoms with Crippen molar-refractivity contribution in [3.05, 3.63) is 237 Å². The summed E-state index contributed by atoms with van der Waals surface area (Å²) in [5, 5.41) is 4.75. The van der Waals surface area contributed by atoms with Crippen LogP contribution in [0.5, 0.6) is 0 Å². The molecule has 0 bridgehead atoms. The third kappa shape index (κ3) is 6.32. The molecule has 0 amide bonds. The van der Waals surface area contributed by atoms with Crippen LogP contribution in [0.4, 0.5) is 17.1 Å². The van der Waals surface area contributed by atoms with Crippen LogP contribution in [-0.2, 0) is 0 Å². The number of para-hydroxylation sites is 1. The molecule has 2 heteroatoms. The van der Waals surface area contributed by atoms with E-state index in [-0.39, 0.29) is 0 Å². The molecule has 0 saturated heterocycles. The first kappa shape index (κ1) is 35.2. The highest BCUT2D eigenvalue weighted by Crippen LogP contribution is 2.48. The average molecular weight is 766 g/mol. The number of furan rings is 1. The molecule has 0 aliphatic carbocycles. The second-order valence-corrected chi connectivity index (χ2v) is 15.2. The molecule has 0 fully saturated rings. The Morgan fingerprint density at radius 3 is 1.53 bits per heavy atom. The summed E-state index contributed by atoms with van der Waals surface area (Å²) in [7, 11) is 0. The van der Waals surface area contributed by atoms with E-state index in [0.717, 1.165) is 50.1 Å². The molecule has 1 heterocycles. The molecule has 0 aliphatic rings. The van der Waals surface area contributed by atoms with Gasteiger partial charge in [0.05, 0.1) is 5.69 Å². The van der Waals surface area contributed by atoms with Crippen molar-refractivity contribution in [1.29, 1.82) is 0 Å². The molecule has 11 aromatic rings. The van der Waals surface area contributed by atoms with Gasteiger partial charge in [-0.1, -0.05) is 188 Å². The van der Waals surface area contributed by atoms with Crippen LogP contribution in [0, 0.1) is 0 Å². The molecule has 0 atom stereocenters. The van der Waals surface area contributed by atoms with Gasteiger partial charge >= 0.3 is 0 Å². The summed E-state index contributed by atoms with van der Waals surface area (Å²) in [4.78, 5) is 2.42. The minimum atomic E-state index is 0.894. The van der Waals surface area contributed by atoms with Gasteiger partial charge in [-0.3, -0.25) is 0 Å². The van der Waals surface area contributed by atoms with Crippen molar-refractivity contribution in [1.82, 2.24) is 0 Å². The highest BCUT2D eigenvalue weighted by atomic mass is 16.3. The van der Waals surface area contributed by atoms with E-state index in [4.69, 9.17) is 4.42 Å². The topological polar surface area (TPSA) is 16.4 Å². The summed E-state index contributed by atoms with van der Waals surface area (Å²) in [5.41, 5.74) is 16.7. The SMILES string of the molecule is c1ccc(-c2ccccc2-c2c(-c3ccccc3)cccc2N(c2ccc(-c3ccc4c(c3)oc3ccccc34)cc2)c2ccc(-c3cccc4ccccc34)cc2)cc1. The van der Waals surface area contributed by atoms with E-state index in [1.165, 1.54) is 55.3 Å². The Kier molecular flexibility index (Phi) is 8.87. The van der Waals surface area contributed by atoms with Crippen LogP contribution in [0.1, 0.15) is 0 Å². The summed E-state index contributed by atoms with van der Waals surface area (Å²) >= 11 is 0. The van der Waals surface area contributed by atoms with Crippen molar-refractivity contribution < 1.29 is 4.42 Å². The lowest BCUT2D eigenvalue weighted by atomic mass is 9.87. The molecule has 282 valence electrons. The fourth-order valence-corrected chi connectivity index (χ4v) is 8.84. The summed E-state index contributed by atoms with van der Waals surface area (Å²) in [6, 6.07) is 85.0. The van der Waals surface area contributed by atoms with Gasteiger partial charge in [0.25, 0.3) is 0 Å². The molecule has 60 heavy (non-hydrogen) atoms. The summed E-state index contributed by atoms with van der Waals surface area (Å²) in [6.45, 7) is 0. The normalized spacial score (nSPS) is 11.3. The van der Waals surface area contributed by atoms with Gasteiger partial charge in [0.2, 0.25) is 0 Å². The molecular weight excluding hydrogens is 727 g/mol. The Morgan fingerprint density at radius 2 is 0.783 bits per heavy atom. The number of rotatable bonds is 8. The molecule has 10 aromatic carbocycles. The highest BCUT2D eigenvalue weighted by molar-refractivity contribution is 6.06. The molecule has 0 aliphatic heterocycles. The van der Waals surface area contributed by atoms with E-state index < -0.39 is 0 Å². The zero-order valence-corrected chi connectivity index (χ0v) is 32.9. The maximum absolute atomic E-state index is 6.29. The number of benzene rings is 10. The van der Waals surface area contributed by atoms with E-state index in [1.54, 1.807) is 0 Å². The number of hydrogen-bond donors (Lipinski definition) is 0. The van der Waals surface area contributed by atoms with E-state index >= 15 is 0 Å². The van der Waals surface area contributed by atoms with Crippen molar-refractivity contribution >= 4 is 49.8 Å². The fourth-order valence-electron chi connectivity index (χ4n) is 8.84. The van der Waals surface area contributed by atoms with Gasteiger partial charge in [0.1, 0.15) is 11.2 Å². The van der Waals surface area contributed by atoms with Crippen LogP contribution in [0.15, 0.2) is 241 Å². The minimum Gasteiger partial charge on any atom is -0.456 e. The van der Waals surface area contributed by atoms with E-state index in [0.29, 0.717) is 0 Å². The van der Waals surface area contributed by atoms with Crippen molar-refractivity contribution in [2.75, 3.05) is 4.90 Å². The summed E-state index contributed by atoms with van der Waals surface area (Å²) in [6.07, 6.45) is 0. The van der Waals surface area contributed by atoms with E-state index in [2.05, 4.69) is 229 Å². The van der Waals surface area contributed by atoms with Crippen LogP contribution in [0.3, 0.4) is 0 Å². The smallest absolute Gasteiger partial charge is 0.136 e. The van der Waals surface area contributed by atoms with Gasteiger partial charge < -0.3 is 9.32 Å². The van der Waals surface area contributed by atoms with Gasteiger partial charge in [-0.25, -0.2) is 0 Å². The standard InChI is InChI=1S/C58H39NO/c1-3-15-41(16-4-1)50-22-9-10-24-54(50)58-51(43-17-5-2-6-18-43)26-14-27-55(58)59(47-36-31-44(32-37-47)49-25-13-20-42-19-7-8-21-48(42)49)46-34-29-40(30-35-46)45-33-38-53-52-23-11-12-28-56(52)60-57(53)39-45/h1-39H. The largest absolute Gasteiger partial charge is 0.456 e. The second kappa shape index (κ2) is 15.1. The minimum absolute atomic E-state index is 0.894. The average Bonchev–Trinajstić information content (AvgIpc) is 3.70. The molecule has 1 aromatic heterocycles. The zero-order chi connectivity index (χ0) is 39.8. The maximum Gasteiger partial charge on any atom is 0.136 e. The number of anilines is 3. The van der Waals surface area contributed by atoms with Crippen molar-refractivity contribution in [3.63, 3.8) is 0 Å². The lowest BCUT2D eigenvalue weighted by Crippen LogP contribution is -2.12. The van der Waals surface area contributed by atoms with E-state index in [1.807, 2.05) is 12.1 Å². The number of nitrogens with zero attached hydrogens (tertiary/aromatic N) is 1. The molecular formula is C58H39NO. The molecule has 2 nitrogen and oxygen atoms in total. The van der Waals surface area contributed by atoms with Crippen LogP contribution in [-0.4, -0.2) is 0 Å². The van der Waals surface area contributed by atoms with Crippen molar-refractivity contribution in [3.8, 4) is 55.6 Å². The Bertz CT molecular complexity index is 3290. The lowest BCUT2D eigenvalue weighted by Gasteiger charge is -2.30. The Labute approximate surface area is 349 Å². The van der Waals surface area contributed by atoms with Gasteiger partial charge in [-0.2, -0.15) is 0 Å². The first-order chi connectivity index (χ1) is 29.8. The Hall–Kier alpha value is -7.94. The van der Waals surface area contributed by atoms with Crippen LogP contribution < -0.4 is 4.90 Å². The van der Waals surface area contributed by atoms with Crippen molar-refractivity contribution in [2.45, 2.75) is 0 Å². The van der Waals surface area contributed by atoms with Gasteiger partial charge in [-0.05, 0) is 109 Å². The molecule has 11 rings (SSSR count). The number of hydrogen-bond acceptors (Lipinski definition) is 2. The third-order valence-electron chi connectivity index (χ3n) is 11.7. The Morgan fingerprint density at radius 1 is 0.283 bits per heavy atom. The highest BCUT2D eigenvalue weighted by Gasteiger charge is 2.23. The van der Waals surface area contributed by atoms with Crippen LogP contribution in [0.25, 0.3) is 88.3 Å². The third-order valence-corrected chi connectivity index (χ3v) is 11.7. The van der Waals surface area contributed by atoms with Gasteiger partial charge in [-0.15, -0.1) is 0 Å². The number of fused-ring (bicyclic) bond motifs is 4.